The molecule has 5 rings (SSSR count). The second-order valence-electron chi connectivity index (χ2n) is 7.07. The fraction of sp³-hybridized carbons (Fsp3) is 0.300. The van der Waals surface area contributed by atoms with Crippen molar-refractivity contribution in [2.45, 2.75) is 38.5 Å². The molecule has 8 heteroatoms. The van der Waals surface area contributed by atoms with Gasteiger partial charge in [0.15, 0.2) is 0 Å². The molecular weight excluding hydrogens is 374 g/mol. The van der Waals surface area contributed by atoms with Crippen molar-refractivity contribution in [1.82, 2.24) is 15.4 Å². The van der Waals surface area contributed by atoms with Crippen LogP contribution in [-0.4, -0.2) is 27.5 Å². The summed E-state index contributed by atoms with van der Waals surface area (Å²) in [4.78, 5) is 33.5. The summed E-state index contributed by atoms with van der Waals surface area (Å²) in [5.41, 5.74) is 6.89. The molecule has 0 spiro atoms. The predicted octanol–water partition coefficient (Wildman–Crippen LogP) is 3.37. The average Bonchev–Trinajstić information content (AvgIpc) is 3.28. The summed E-state index contributed by atoms with van der Waals surface area (Å²) >= 11 is 1.63. The largest absolute Gasteiger partial charge is 0.338 e. The third-order valence-corrected chi connectivity index (χ3v) is 6.40. The molecule has 1 aromatic carbocycles. The summed E-state index contributed by atoms with van der Waals surface area (Å²) in [6, 6.07) is 7.92. The van der Waals surface area contributed by atoms with Gasteiger partial charge in [-0.25, -0.2) is 10.4 Å². The zero-order chi connectivity index (χ0) is 19.1. The summed E-state index contributed by atoms with van der Waals surface area (Å²) in [7, 11) is 0. The number of hydrazone groups is 1. The number of aryl methyl sites for hydroxylation is 1. The normalized spacial score (nSPS) is 16.4. The Kier molecular flexibility index (Phi) is 4.20. The van der Waals surface area contributed by atoms with E-state index in [1.165, 1.54) is 16.9 Å². The molecule has 7 nitrogen and oxygen atoms in total. The number of nitrogens with one attached hydrogen (secondary N) is 3. The van der Waals surface area contributed by atoms with Crippen molar-refractivity contribution in [2.24, 2.45) is 5.10 Å². The first-order chi connectivity index (χ1) is 13.7. The van der Waals surface area contributed by atoms with E-state index in [1.54, 1.807) is 11.3 Å². The number of hydrogen-bond acceptors (Lipinski definition) is 5. The summed E-state index contributed by atoms with van der Waals surface area (Å²) < 4.78 is 0. The van der Waals surface area contributed by atoms with Gasteiger partial charge >= 0.3 is 0 Å². The van der Waals surface area contributed by atoms with E-state index in [0.717, 1.165) is 46.7 Å². The van der Waals surface area contributed by atoms with Crippen molar-refractivity contribution in [3.8, 4) is 11.4 Å². The number of aromatic nitrogens is 2. The van der Waals surface area contributed by atoms with Gasteiger partial charge in [0.25, 0.3) is 5.91 Å². The molecular formula is C20H19N5O2S. The lowest BCUT2D eigenvalue weighted by molar-refractivity contribution is -0.121. The molecule has 2 amide bonds. The Labute approximate surface area is 165 Å². The van der Waals surface area contributed by atoms with E-state index < -0.39 is 0 Å². The molecule has 142 valence electrons. The molecule has 0 saturated carbocycles. The Bertz CT molecular complexity index is 1090. The number of para-hydroxylation sites is 2. The second-order valence-corrected chi connectivity index (χ2v) is 8.17. The standard InChI is InChI=1S/C20H19N5O2S/c26-16-10-9-14(24-25-16)19(27)23-20-17(11-5-1-4-8-15(11)28-20)18-21-12-6-2-3-7-13(12)22-18/h2-3,6-7H,1,4-5,8-10H2,(H,21,22)(H,23,27)(H,25,26). The number of nitrogens with zero attached hydrogens (tertiary/aromatic N) is 2. The first-order valence-corrected chi connectivity index (χ1v) is 10.3. The number of carbonyl (C=O) groups excluding carboxylic acids is 2. The average molecular weight is 393 g/mol. The van der Waals surface area contributed by atoms with Crippen LogP contribution in [0, 0.1) is 0 Å². The van der Waals surface area contributed by atoms with Crippen LogP contribution >= 0.6 is 11.3 Å². The van der Waals surface area contributed by atoms with E-state index in [0.29, 0.717) is 12.1 Å². The lowest BCUT2D eigenvalue weighted by atomic mass is 9.95. The highest BCUT2D eigenvalue weighted by Crippen LogP contribution is 2.43. The van der Waals surface area contributed by atoms with E-state index in [-0.39, 0.29) is 18.2 Å². The molecule has 1 aliphatic heterocycles. The molecule has 3 aromatic rings. The lowest BCUT2D eigenvalue weighted by Gasteiger charge is -2.13. The minimum atomic E-state index is -0.268. The van der Waals surface area contributed by atoms with Crippen molar-refractivity contribution >= 4 is 44.9 Å². The van der Waals surface area contributed by atoms with Gasteiger partial charge in [-0.15, -0.1) is 11.3 Å². The number of hydrogen-bond donors (Lipinski definition) is 3. The van der Waals surface area contributed by atoms with Gasteiger partial charge in [-0.2, -0.15) is 5.10 Å². The first-order valence-electron chi connectivity index (χ1n) is 9.45. The molecule has 2 aliphatic rings. The van der Waals surface area contributed by atoms with Gasteiger partial charge in [0, 0.05) is 17.7 Å². The van der Waals surface area contributed by atoms with Crippen molar-refractivity contribution in [2.75, 3.05) is 5.32 Å². The number of H-pyrrole nitrogens is 1. The Morgan fingerprint density at radius 3 is 2.79 bits per heavy atom. The zero-order valence-corrected chi connectivity index (χ0v) is 16.0. The van der Waals surface area contributed by atoms with E-state index >= 15 is 0 Å². The first kappa shape index (κ1) is 17.1. The molecule has 0 saturated heterocycles. The van der Waals surface area contributed by atoms with Crippen LogP contribution in [0.1, 0.15) is 36.1 Å². The van der Waals surface area contributed by atoms with Gasteiger partial charge in [-0.3, -0.25) is 9.59 Å². The Morgan fingerprint density at radius 1 is 1.11 bits per heavy atom. The number of thiophene rings is 1. The van der Waals surface area contributed by atoms with Crippen LogP contribution in [0.3, 0.4) is 0 Å². The molecule has 2 aromatic heterocycles. The number of carbonyl (C=O) groups is 2. The summed E-state index contributed by atoms with van der Waals surface area (Å²) in [6.45, 7) is 0. The molecule has 3 heterocycles. The van der Waals surface area contributed by atoms with E-state index in [4.69, 9.17) is 4.98 Å². The Morgan fingerprint density at radius 2 is 1.96 bits per heavy atom. The molecule has 0 radical (unpaired) electrons. The van der Waals surface area contributed by atoms with Crippen LogP contribution < -0.4 is 10.7 Å². The maximum absolute atomic E-state index is 12.7. The third kappa shape index (κ3) is 2.99. The van der Waals surface area contributed by atoms with Crippen molar-refractivity contribution in [1.29, 1.82) is 0 Å². The van der Waals surface area contributed by atoms with E-state index in [1.807, 2.05) is 24.3 Å². The summed E-state index contributed by atoms with van der Waals surface area (Å²) in [6.07, 6.45) is 4.96. The summed E-state index contributed by atoms with van der Waals surface area (Å²) in [5, 5.41) is 7.75. The Hall–Kier alpha value is -3.00. The molecule has 0 fully saturated rings. The number of aromatic amines is 1. The van der Waals surface area contributed by atoms with Gasteiger partial charge < -0.3 is 10.3 Å². The van der Waals surface area contributed by atoms with Crippen molar-refractivity contribution in [3.63, 3.8) is 0 Å². The SMILES string of the molecule is O=C1CCC(C(=O)Nc2sc3c(c2-c2nc4ccccc4[nH]2)CCCC3)=NN1. The Balaban J connectivity index is 1.55. The monoisotopic (exact) mass is 393 g/mol. The minimum Gasteiger partial charge on any atom is -0.338 e. The number of rotatable bonds is 3. The zero-order valence-electron chi connectivity index (χ0n) is 15.2. The fourth-order valence-electron chi connectivity index (χ4n) is 3.79. The van der Waals surface area contributed by atoms with Crippen LogP contribution in [0.5, 0.6) is 0 Å². The molecule has 28 heavy (non-hydrogen) atoms. The molecule has 0 unspecified atom stereocenters. The van der Waals surface area contributed by atoms with Gasteiger partial charge in [-0.1, -0.05) is 12.1 Å². The molecule has 3 N–H and O–H groups in total. The highest BCUT2D eigenvalue weighted by atomic mass is 32.1. The number of fused-ring (bicyclic) bond motifs is 2. The summed E-state index contributed by atoms with van der Waals surface area (Å²) in [5.74, 6) is 0.358. The number of benzene rings is 1. The van der Waals surface area contributed by atoms with Crippen LogP contribution in [-0.2, 0) is 22.4 Å². The maximum Gasteiger partial charge on any atom is 0.272 e. The van der Waals surface area contributed by atoms with E-state index in [2.05, 4.69) is 20.8 Å². The van der Waals surface area contributed by atoms with Gasteiger partial charge in [-0.05, 0) is 43.4 Å². The number of anilines is 1. The molecule has 0 atom stereocenters. The molecule has 0 bridgehead atoms. The van der Waals surface area contributed by atoms with Crippen LogP contribution in [0.25, 0.3) is 22.4 Å². The molecule has 1 aliphatic carbocycles. The van der Waals surface area contributed by atoms with Crippen molar-refractivity contribution in [3.05, 3.63) is 34.7 Å². The van der Waals surface area contributed by atoms with Gasteiger partial charge in [0.2, 0.25) is 5.91 Å². The van der Waals surface area contributed by atoms with E-state index in [9.17, 15) is 9.59 Å². The number of amides is 2. The quantitative estimate of drug-likeness (QED) is 0.636. The number of imidazole rings is 1. The van der Waals surface area contributed by atoms with Crippen LogP contribution in [0.4, 0.5) is 5.00 Å². The second kappa shape index (κ2) is 6.87. The smallest absolute Gasteiger partial charge is 0.272 e. The topological polar surface area (TPSA) is 99.2 Å². The fourth-order valence-corrected chi connectivity index (χ4v) is 5.07. The van der Waals surface area contributed by atoms with Crippen LogP contribution in [0.2, 0.25) is 0 Å². The lowest BCUT2D eigenvalue weighted by Crippen LogP contribution is -2.32. The predicted molar refractivity (Wildman–Crippen MR) is 109 cm³/mol. The van der Waals surface area contributed by atoms with Gasteiger partial charge in [0.05, 0.1) is 16.6 Å². The minimum absolute atomic E-state index is 0.161. The highest BCUT2D eigenvalue weighted by Gasteiger charge is 2.26. The third-order valence-electron chi connectivity index (χ3n) is 5.19. The maximum atomic E-state index is 12.7. The van der Waals surface area contributed by atoms with Crippen molar-refractivity contribution < 1.29 is 9.59 Å². The highest BCUT2D eigenvalue weighted by molar-refractivity contribution is 7.17. The van der Waals surface area contributed by atoms with Gasteiger partial charge in [0.1, 0.15) is 16.5 Å². The van der Waals surface area contributed by atoms with Crippen LogP contribution in [0.15, 0.2) is 29.4 Å².